The molecule has 5 nitrogen and oxygen atoms in total. The Morgan fingerprint density at radius 1 is 1.26 bits per heavy atom. The molecule has 3 rings (SSSR count). The van der Waals surface area contributed by atoms with Crippen LogP contribution in [-0.2, 0) is 16.1 Å². The second-order valence-electron chi connectivity index (χ2n) is 6.46. The van der Waals surface area contributed by atoms with Crippen LogP contribution in [0.1, 0.15) is 30.9 Å². The zero-order valence-electron chi connectivity index (χ0n) is 13.6. The first-order valence-corrected chi connectivity index (χ1v) is 8.27. The second-order valence-corrected chi connectivity index (χ2v) is 6.46. The van der Waals surface area contributed by atoms with Crippen LogP contribution in [0.15, 0.2) is 24.3 Å². The Hall–Kier alpha value is -1.90. The molecular formula is C18H23N3O2. The Bertz CT molecular complexity index is 598. The monoisotopic (exact) mass is 313 g/mol. The first kappa shape index (κ1) is 16.0. The van der Waals surface area contributed by atoms with E-state index in [0.29, 0.717) is 5.56 Å². The van der Waals surface area contributed by atoms with E-state index in [1.54, 1.807) is 0 Å². The number of rotatable bonds is 3. The molecule has 1 aromatic carbocycles. The standard InChI is InChI=1S/C18H23N3O2/c1-2-21-14-18(23-13-17(21)22)7-9-20(10-8-18)12-16-5-3-15(11-19)4-6-16/h3-6H,2,7-10,12-14H2,1H3. The van der Waals surface area contributed by atoms with Crippen molar-refractivity contribution in [3.63, 3.8) is 0 Å². The summed E-state index contributed by atoms with van der Waals surface area (Å²) in [5.74, 6) is 0.109. The van der Waals surface area contributed by atoms with Gasteiger partial charge in [0.15, 0.2) is 0 Å². The fourth-order valence-electron chi connectivity index (χ4n) is 3.44. The summed E-state index contributed by atoms with van der Waals surface area (Å²) in [5, 5.41) is 8.85. The maximum atomic E-state index is 11.8. The maximum Gasteiger partial charge on any atom is 0.248 e. The number of piperidine rings is 1. The average Bonchev–Trinajstić information content (AvgIpc) is 2.60. The van der Waals surface area contributed by atoms with Crippen molar-refractivity contribution >= 4 is 5.91 Å². The Kier molecular flexibility index (Phi) is 4.65. The zero-order valence-corrected chi connectivity index (χ0v) is 13.6. The number of carbonyl (C=O) groups excluding carboxylic acids is 1. The van der Waals surface area contributed by atoms with Gasteiger partial charge in [-0.3, -0.25) is 9.69 Å². The number of morpholine rings is 1. The molecule has 0 aliphatic carbocycles. The van der Waals surface area contributed by atoms with E-state index in [2.05, 4.69) is 11.0 Å². The van der Waals surface area contributed by atoms with Gasteiger partial charge >= 0.3 is 0 Å². The lowest BCUT2D eigenvalue weighted by molar-refractivity contribution is -0.171. The van der Waals surface area contributed by atoms with E-state index in [-0.39, 0.29) is 18.1 Å². The number of hydrogen-bond donors (Lipinski definition) is 0. The van der Waals surface area contributed by atoms with E-state index in [9.17, 15) is 4.79 Å². The van der Waals surface area contributed by atoms with Gasteiger partial charge in [0.05, 0.1) is 17.2 Å². The van der Waals surface area contributed by atoms with Crippen molar-refractivity contribution in [1.29, 1.82) is 5.26 Å². The number of nitrogens with zero attached hydrogens (tertiary/aromatic N) is 3. The highest BCUT2D eigenvalue weighted by Gasteiger charge is 2.41. The highest BCUT2D eigenvalue weighted by atomic mass is 16.5. The van der Waals surface area contributed by atoms with Crippen LogP contribution in [0.2, 0.25) is 0 Å². The van der Waals surface area contributed by atoms with Gasteiger partial charge in [-0.2, -0.15) is 5.26 Å². The summed E-state index contributed by atoms with van der Waals surface area (Å²) in [6.45, 7) is 6.60. The minimum Gasteiger partial charge on any atom is -0.363 e. The van der Waals surface area contributed by atoms with Gasteiger partial charge in [-0.15, -0.1) is 0 Å². The second kappa shape index (κ2) is 6.69. The fraction of sp³-hybridized carbons (Fsp3) is 0.556. The molecule has 0 bridgehead atoms. The number of carbonyl (C=O) groups is 1. The van der Waals surface area contributed by atoms with Crippen LogP contribution >= 0.6 is 0 Å². The molecule has 1 aromatic rings. The van der Waals surface area contributed by atoms with Crippen LogP contribution in [0.4, 0.5) is 0 Å². The number of hydrogen-bond acceptors (Lipinski definition) is 4. The van der Waals surface area contributed by atoms with E-state index in [0.717, 1.165) is 45.6 Å². The molecule has 0 saturated carbocycles. The first-order chi connectivity index (χ1) is 11.1. The first-order valence-electron chi connectivity index (χ1n) is 8.27. The lowest BCUT2D eigenvalue weighted by Gasteiger charge is -2.46. The molecule has 0 atom stereocenters. The topological polar surface area (TPSA) is 56.6 Å². The van der Waals surface area contributed by atoms with Gasteiger partial charge in [0.1, 0.15) is 6.61 Å². The number of ether oxygens (including phenoxy) is 1. The summed E-state index contributed by atoms with van der Waals surface area (Å²) in [5.41, 5.74) is 1.78. The van der Waals surface area contributed by atoms with E-state index >= 15 is 0 Å². The summed E-state index contributed by atoms with van der Waals surface area (Å²) >= 11 is 0. The highest BCUT2D eigenvalue weighted by molar-refractivity contribution is 5.78. The summed E-state index contributed by atoms with van der Waals surface area (Å²) in [6.07, 6.45) is 1.93. The minimum absolute atomic E-state index is 0.109. The quantitative estimate of drug-likeness (QED) is 0.853. The minimum atomic E-state index is -0.148. The Morgan fingerprint density at radius 3 is 2.57 bits per heavy atom. The number of benzene rings is 1. The molecule has 0 aromatic heterocycles. The van der Waals surface area contributed by atoms with Crippen LogP contribution in [0.5, 0.6) is 0 Å². The van der Waals surface area contributed by atoms with Crippen LogP contribution in [0, 0.1) is 11.3 Å². The van der Waals surface area contributed by atoms with Crippen LogP contribution in [0.25, 0.3) is 0 Å². The van der Waals surface area contributed by atoms with Gasteiger partial charge in [0, 0.05) is 32.7 Å². The van der Waals surface area contributed by atoms with Crippen LogP contribution < -0.4 is 0 Å². The predicted octanol–water partition coefficient (Wildman–Crippen LogP) is 1.77. The Labute approximate surface area is 137 Å². The maximum absolute atomic E-state index is 11.8. The molecule has 23 heavy (non-hydrogen) atoms. The van der Waals surface area contributed by atoms with Crippen molar-refractivity contribution in [2.75, 3.05) is 32.8 Å². The molecule has 2 aliphatic heterocycles. The Morgan fingerprint density at radius 2 is 1.96 bits per heavy atom. The summed E-state index contributed by atoms with van der Waals surface area (Å²) in [4.78, 5) is 16.1. The summed E-state index contributed by atoms with van der Waals surface area (Å²) in [7, 11) is 0. The number of likely N-dealkylation sites (N-methyl/N-ethyl adjacent to an activating group) is 1. The van der Waals surface area contributed by atoms with Crippen molar-refractivity contribution in [2.24, 2.45) is 0 Å². The molecule has 0 unspecified atom stereocenters. The molecule has 2 saturated heterocycles. The third-order valence-electron chi connectivity index (χ3n) is 4.97. The summed E-state index contributed by atoms with van der Waals surface area (Å²) < 4.78 is 5.93. The van der Waals surface area contributed by atoms with Gasteiger partial charge in [-0.05, 0) is 37.5 Å². The lowest BCUT2D eigenvalue weighted by Crippen LogP contribution is -2.58. The lowest BCUT2D eigenvalue weighted by atomic mass is 9.89. The van der Waals surface area contributed by atoms with Gasteiger partial charge in [-0.25, -0.2) is 0 Å². The fourth-order valence-corrected chi connectivity index (χ4v) is 3.44. The third-order valence-corrected chi connectivity index (χ3v) is 4.97. The van der Waals surface area contributed by atoms with Gasteiger partial charge in [0.2, 0.25) is 5.91 Å². The molecule has 2 heterocycles. The molecule has 1 spiro atoms. The largest absolute Gasteiger partial charge is 0.363 e. The number of amides is 1. The van der Waals surface area contributed by atoms with Gasteiger partial charge in [0.25, 0.3) is 0 Å². The summed E-state index contributed by atoms with van der Waals surface area (Å²) in [6, 6.07) is 9.94. The molecule has 0 N–H and O–H groups in total. The molecular weight excluding hydrogens is 290 g/mol. The predicted molar refractivity (Wildman–Crippen MR) is 86.6 cm³/mol. The molecule has 2 fully saturated rings. The molecule has 1 amide bonds. The zero-order chi connectivity index (χ0) is 16.3. The molecule has 122 valence electrons. The third kappa shape index (κ3) is 3.54. The van der Waals surface area contributed by atoms with E-state index < -0.39 is 0 Å². The number of nitriles is 1. The van der Waals surface area contributed by atoms with Crippen molar-refractivity contribution < 1.29 is 9.53 Å². The van der Waals surface area contributed by atoms with Crippen molar-refractivity contribution in [3.05, 3.63) is 35.4 Å². The Balaban J connectivity index is 1.55. The smallest absolute Gasteiger partial charge is 0.248 e. The average molecular weight is 313 g/mol. The normalized spacial score (nSPS) is 21.4. The molecule has 5 heteroatoms. The van der Waals surface area contributed by atoms with E-state index in [1.165, 1.54) is 5.56 Å². The van der Waals surface area contributed by atoms with Crippen LogP contribution in [-0.4, -0.2) is 54.1 Å². The van der Waals surface area contributed by atoms with E-state index in [4.69, 9.17) is 10.00 Å². The van der Waals surface area contributed by atoms with Crippen LogP contribution in [0.3, 0.4) is 0 Å². The SMILES string of the molecule is CCN1CC2(CCN(Cc3ccc(C#N)cc3)CC2)OCC1=O. The van der Waals surface area contributed by atoms with Crippen molar-refractivity contribution in [2.45, 2.75) is 31.9 Å². The van der Waals surface area contributed by atoms with Gasteiger partial charge < -0.3 is 9.64 Å². The number of likely N-dealkylation sites (tertiary alicyclic amines) is 1. The molecule has 0 radical (unpaired) electrons. The van der Waals surface area contributed by atoms with E-state index in [1.807, 2.05) is 36.1 Å². The van der Waals surface area contributed by atoms with Crippen molar-refractivity contribution in [1.82, 2.24) is 9.80 Å². The highest BCUT2D eigenvalue weighted by Crippen LogP contribution is 2.31. The van der Waals surface area contributed by atoms with Gasteiger partial charge in [-0.1, -0.05) is 12.1 Å². The molecule has 2 aliphatic rings. The van der Waals surface area contributed by atoms with Crippen molar-refractivity contribution in [3.8, 4) is 6.07 Å².